The summed E-state index contributed by atoms with van der Waals surface area (Å²) in [5.41, 5.74) is 0.467. The lowest BCUT2D eigenvalue weighted by molar-refractivity contribution is 0.00578. The summed E-state index contributed by atoms with van der Waals surface area (Å²) >= 11 is 0. The van der Waals surface area contributed by atoms with E-state index in [-0.39, 0.29) is 5.82 Å². The molecule has 0 aliphatic carbocycles. The van der Waals surface area contributed by atoms with E-state index in [0.29, 0.717) is 16.7 Å². The molecule has 0 spiro atoms. The first kappa shape index (κ1) is 18.0. The first-order valence-electron chi connectivity index (χ1n) is 8.06. The van der Waals surface area contributed by atoms with Crippen LogP contribution in [0.1, 0.15) is 27.7 Å². The highest BCUT2D eigenvalue weighted by Gasteiger charge is 2.52. The standard InChI is InChI=1S/C17H20BF3N2O2/c1-16(2)17(3,4)25-18(24-16)13-9-23(10-14(20)21)22-15(13)11-5-7-12(19)8-6-11/h5-9,14H,10H2,1-4H3. The van der Waals surface area contributed by atoms with Crippen molar-refractivity contribution in [1.29, 1.82) is 0 Å². The van der Waals surface area contributed by atoms with Gasteiger partial charge in [-0.3, -0.25) is 4.68 Å². The minimum Gasteiger partial charge on any atom is -0.399 e. The van der Waals surface area contributed by atoms with Gasteiger partial charge in [-0.2, -0.15) is 5.10 Å². The lowest BCUT2D eigenvalue weighted by Crippen LogP contribution is -2.41. The van der Waals surface area contributed by atoms with Crippen LogP contribution in [-0.4, -0.2) is 34.5 Å². The number of hydrogen-bond donors (Lipinski definition) is 0. The predicted molar refractivity (Wildman–Crippen MR) is 89.3 cm³/mol. The van der Waals surface area contributed by atoms with Crippen molar-refractivity contribution in [3.8, 4) is 11.3 Å². The molecular formula is C17H20BF3N2O2. The van der Waals surface area contributed by atoms with Crippen LogP contribution in [-0.2, 0) is 15.9 Å². The van der Waals surface area contributed by atoms with Gasteiger partial charge in [-0.25, -0.2) is 13.2 Å². The molecule has 0 atom stereocenters. The smallest absolute Gasteiger partial charge is 0.399 e. The Hall–Kier alpha value is -1.80. The molecule has 25 heavy (non-hydrogen) atoms. The third-order valence-electron chi connectivity index (χ3n) is 4.74. The van der Waals surface area contributed by atoms with Gasteiger partial charge in [0.25, 0.3) is 6.43 Å². The van der Waals surface area contributed by atoms with Crippen molar-refractivity contribution >= 4 is 12.6 Å². The molecule has 1 aromatic carbocycles. The largest absolute Gasteiger partial charge is 0.498 e. The van der Waals surface area contributed by atoms with Gasteiger partial charge in [-0.1, -0.05) is 0 Å². The molecule has 1 saturated heterocycles. The van der Waals surface area contributed by atoms with Crippen molar-refractivity contribution in [2.45, 2.75) is 51.9 Å². The van der Waals surface area contributed by atoms with Crippen LogP contribution in [0.5, 0.6) is 0 Å². The van der Waals surface area contributed by atoms with Crippen LogP contribution in [0, 0.1) is 5.82 Å². The average molecular weight is 352 g/mol. The lowest BCUT2D eigenvalue weighted by Gasteiger charge is -2.32. The topological polar surface area (TPSA) is 36.3 Å². The molecule has 134 valence electrons. The summed E-state index contributed by atoms with van der Waals surface area (Å²) in [5, 5.41) is 4.24. The van der Waals surface area contributed by atoms with E-state index in [4.69, 9.17) is 9.31 Å². The Morgan fingerprint density at radius 3 is 2.16 bits per heavy atom. The summed E-state index contributed by atoms with van der Waals surface area (Å²) in [6.45, 7) is 7.11. The molecule has 1 fully saturated rings. The van der Waals surface area contributed by atoms with Gasteiger partial charge in [0.1, 0.15) is 12.4 Å². The van der Waals surface area contributed by atoms with Crippen molar-refractivity contribution in [2.24, 2.45) is 0 Å². The zero-order valence-corrected chi connectivity index (χ0v) is 14.6. The molecule has 0 amide bonds. The molecule has 0 unspecified atom stereocenters. The molecule has 2 heterocycles. The van der Waals surface area contributed by atoms with Crippen LogP contribution in [0.25, 0.3) is 11.3 Å². The zero-order chi connectivity index (χ0) is 18.4. The van der Waals surface area contributed by atoms with Crippen LogP contribution >= 0.6 is 0 Å². The molecule has 0 saturated carbocycles. The van der Waals surface area contributed by atoms with Gasteiger partial charge < -0.3 is 9.31 Å². The van der Waals surface area contributed by atoms with Gasteiger partial charge in [0.15, 0.2) is 0 Å². The summed E-state index contributed by atoms with van der Waals surface area (Å²) in [6, 6.07) is 5.71. The summed E-state index contributed by atoms with van der Waals surface area (Å²) < 4.78 is 51.9. The molecule has 3 rings (SSSR count). The van der Waals surface area contributed by atoms with E-state index in [1.54, 1.807) is 12.1 Å². The van der Waals surface area contributed by atoms with Crippen LogP contribution in [0.4, 0.5) is 13.2 Å². The van der Waals surface area contributed by atoms with Crippen molar-refractivity contribution in [3.05, 3.63) is 36.3 Å². The molecular weight excluding hydrogens is 332 g/mol. The quantitative estimate of drug-likeness (QED) is 0.793. The third-order valence-corrected chi connectivity index (χ3v) is 4.74. The summed E-state index contributed by atoms with van der Waals surface area (Å²) in [7, 11) is -0.739. The number of hydrogen-bond acceptors (Lipinski definition) is 3. The van der Waals surface area contributed by atoms with Gasteiger partial charge in [-0.15, -0.1) is 0 Å². The average Bonchev–Trinajstić information content (AvgIpc) is 2.98. The van der Waals surface area contributed by atoms with Gasteiger partial charge in [-0.05, 0) is 52.0 Å². The lowest BCUT2D eigenvalue weighted by atomic mass is 9.78. The highest BCUT2D eigenvalue weighted by Crippen LogP contribution is 2.37. The second kappa shape index (κ2) is 6.18. The first-order chi connectivity index (χ1) is 11.6. The van der Waals surface area contributed by atoms with E-state index < -0.39 is 31.3 Å². The molecule has 4 nitrogen and oxygen atoms in total. The highest BCUT2D eigenvalue weighted by molar-refractivity contribution is 6.63. The summed E-state index contributed by atoms with van der Waals surface area (Å²) in [6.07, 6.45) is -1.03. The summed E-state index contributed by atoms with van der Waals surface area (Å²) in [5.74, 6) is -0.382. The van der Waals surface area contributed by atoms with Gasteiger partial charge >= 0.3 is 7.12 Å². The summed E-state index contributed by atoms with van der Waals surface area (Å²) in [4.78, 5) is 0. The fourth-order valence-electron chi connectivity index (χ4n) is 2.65. The number of nitrogens with zero attached hydrogens (tertiary/aromatic N) is 2. The Labute approximate surface area is 145 Å². The Morgan fingerprint density at radius 1 is 1.08 bits per heavy atom. The normalized spacial score (nSPS) is 19.0. The van der Waals surface area contributed by atoms with E-state index in [1.165, 1.54) is 23.0 Å². The predicted octanol–water partition coefficient (Wildman–Crippen LogP) is 3.25. The maximum atomic E-state index is 13.2. The Balaban J connectivity index is 2.03. The van der Waals surface area contributed by atoms with Gasteiger partial charge in [0.05, 0.1) is 16.9 Å². The molecule has 0 N–H and O–H groups in total. The van der Waals surface area contributed by atoms with Crippen LogP contribution in [0.3, 0.4) is 0 Å². The van der Waals surface area contributed by atoms with E-state index >= 15 is 0 Å². The minimum absolute atomic E-state index is 0.382. The van der Waals surface area contributed by atoms with Crippen LogP contribution in [0.15, 0.2) is 30.5 Å². The first-order valence-corrected chi connectivity index (χ1v) is 8.06. The fourth-order valence-corrected chi connectivity index (χ4v) is 2.65. The molecule has 2 aromatic rings. The van der Waals surface area contributed by atoms with Crippen LogP contribution < -0.4 is 5.46 Å². The van der Waals surface area contributed by atoms with Crippen molar-refractivity contribution < 1.29 is 22.5 Å². The van der Waals surface area contributed by atoms with E-state index in [0.717, 1.165) is 0 Å². The molecule has 0 bridgehead atoms. The molecule has 1 aliphatic heterocycles. The molecule has 1 aromatic heterocycles. The number of alkyl halides is 2. The number of rotatable bonds is 4. The SMILES string of the molecule is CC1(C)OB(c2cn(CC(F)F)nc2-c2ccc(F)cc2)OC1(C)C. The Bertz CT molecular complexity index is 744. The molecule has 0 radical (unpaired) electrons. The fraction of sp³-hybridized carbons (Fsp3) is 0.471. The second-order valence-corrected chi connectivity index (χ2v) is 7.14. The van der Waals surface area contributed by atoms with E-state index in [2.05, 4.69) is 5.10 Å². The van der Waals surface area contributed by atoms with Gasteiger partial charge in [0, 0.05) is 17.2 Å². The molecule has 8 heteroatoms. The maximum absolute atomic E-state index is 13.2. The van der Waals surface area contributed by atoms with E-state index in [1.807, 2.05) is 27.7 Å². The van der Waals surface area contributed by atoms with E-state index in [9.17, 15) is 13.2 Å². The number of benzene rings is 1. The van der Waals surface area contributed by atoms with Crippen LogP contribution in [0.2, 0.25) is 0 Å². The van der Waals surface area contributed by atoms with Gasteiger partial charge in [0.2, 0.25) is 0 Å². The monoisotopic (exact) mass is 352 g/mol. The Kier molecular flexibility index (Phi) is 4.45. The second-order valence-electron chi connectivity index (χ2n) is 7.14. The molecule has 1 aliphatic rings. The van der Waals surface area contributed by atoms with Crippen molar-refractivity contribution in [3.63, 3.8) is 0 Å². The zero-order valence-electron chi connectivity index (χ0n) is 14.6. The highest BCUT2D eigenvalue weighted by atomic mass is 19.3. The Morgan fingerprint density at radius 2 is 1.64 bits per heavy atom. The maximum Gasteiger partial charge on any atom is 0.498 e. The van der Waals surface area contributed by atoms with Crippen molar-refractivity contribution in [2.75, 3.05) is 0 Å². The van der Waals surface area contributed by atoms with Crippen molar-refractivity contribution in [1.82, 2.24) is 9.78 Å². The number of aromatic nitrogens is 2. The minimum atomic E-state index is -2.54. The number of halogens is 3. The third kappa shape index (κ3) is 3.46.